The number of aliphatic carboxylic acids is 2. The number of benzene rings is 1. The molecule has 14 N–H and O–H groups in total. The molecule has 4 rings (SSSR count). The molecular weight excluding hydrogens is 584 g/mol. The molecule has 2 fully saturated rings. The Hall–Kier alpha value is -4.41. The first-order chi connectivity index (χ1) is 21.0. The van der Waals surface area contributed by atoms with E-state index in [0.29, 0.717) is 11.4 Å². The summed E-state index contributed by atoms with van der Waals surface area (Å²) in [6, 6.07) is 6.37. The molecule has 2 aromatic rings. The summed E-state index contributed by atoms with van der Waals surface area (Å²) in [6.45, 7) is 5.31. The van der Waals surface area contributed by atoms with Crippen LogP contribution in [0, 0.1) is 0 Å². The van der Waals surface area contributed by atoms with Crippen LogP contribution in [0.15, 0.2) is 36.6 Å². The summed E-state index contributed by atoms with van der Waals surface area (Å²) < 4.78 is 0. The molecule has 0 aliphatic carbocycles. The summed E-state index contributed by atoms with van der Waals surface area (Å²) in [5, 5.41) is 73.4. The Balaban J connectivity index is 1.47. The van der Waals surface area contributed by atoms with Gasteiger partial charge in [0.1, 0.15) is 12.6 Å². The standard InChI is InChI=1S/C24H36N12O8/c1-12(13(2)44-43)27-20-30-18(25-7-9-37)31-21(33-20)28-14-3-5-15(6-4-14)29-22-32-19(26-8-10-38)34-24(35-22)23(36-24,17(41)42)11-16(39)40/h3-6,12,19,22,26,29,32,34-38,43H,2,7-11H2,1H3,(H,39,40)(H,41,42)(H3,25,27,28,30,31,33). The van der Waals surface area contributed by atoms with Crippen molar-refractivity contribution in [2.24, 2.45) is 0 Å². The Labute approximate surface area is 250 Å². The number of carboxylic acids is 2. The van der Waals surface area contributed by atoms with Crippen molar-refractivity contribution in [3.63, 3.8) is 0 Å². The lowest BCUT2D eigenvalue weighted by molar-refractivity contribution is -0.205. The molecule has 20 nitrogen and oxygen atoms in total. The number of anilines is 5. The van der Waals surface area contributed by atoms with Gasteiger partial charge in [0.15, 0.2) is 17.1 Å². The van der Waals surface area contributed by atoms with Gasteiger partial charge in [0.2, 0.25) is 17.8 Å². The van der Waals surface area contributed by atoms with E-state index in [1.54, 1.807) is 31.2 Å². The fourth-order valence-corrected chi connectivity index (χ4v) is 4.46. The average molecular weight is 621 g/mol. The number of carboxylic acid groups (broad SMARTS) is 2. The fourth-order valence-electron chi connectivity index (χ4n) is 4.46. The molecule has 240 valence electrons. The molecule has 2 aliphatic heterocycles. The molecule has 20 heteroatoms. The van der Waals surface area contributed by atoms with E-state index < -0.39 is 48.3 Å². The maximum atomic E-state index is 12.1. The second kappa shape index (κ2) is 13.9. The molecule has 5 atom stereocenters. The number of aromatic nitrogens is 3. The second-order valence-corrected chi connectivity index (χ2v) is 9.88. The van der Waals surface area contributed by atoms with Crippen LogP contribution in [0.5, 0.6) is 0 Å². The van der Waals surface area contributed by atoms with Crippen molar-refractivity contribution in [2.75, 3.05) is 47.6 Å². The van der Waals surface area contributed by atoms with Crippen LogP contribution in [-0.2, 0) is 14.5 Å². The number of hydrogen-bond donors (Lipinski definition) is 14. The number of rotatable bonds is 17. The van der Waals surface area contributed by atoms with Crippen LogP contribution in [-0.4, -0.2) is 109 Å². The predicted octanol–water partition coefficient (Wildman–Crippen LogP) is -2.28. The van der Waals surface area contributed by atoms with E-state index in [2.05, 4.69) is 74.3 Å². The Morgan fingerprint density at radius 2 is 1.64 bits per heavy atom. The van der Waals surface area contributed by atoms with Crippen LogP contribution in [0.2, 0.25) is 0 Å². The predicted molar refractivity (Wildman–Crippen MR) is 155 cm³/mol. The smallest absolute Gasteiger partial charge is 0.329 e. The summed E-state index contributed by atoms with van der Waals surface area (Å²) in [5.74, 6) is -3.57. The highest BCUT2D eigenvalue weighted by molar-refractivity contribution is 5.91. The molecule has 2 aliphatic rings. The van der Waals surface area contributed by atoms with E-state index in [9.17, 15) is 24.9 Å². The molecule has 1 aromatic heterocycles. The summed E-state index contributed by atoms with van der Waals surface area (Å²) in [7, 11) is 0. The van der Waals surface area contributed by atoms with Crippen LogP contribution >= 0.6 is 0 Å². The van der Waals surface area contributed by atoms with Crippen LogP contribution in [0.25, 0.3) is 0 Å². The van der Waals surface area contributed by atoms with Crippen LogP contribution in [0.4, 0.5) is 29.2 Å². The third kappa shape index (κ3) is 7.56. The first-order valence-electron chi connectivity index (χ1n) is 13.4. The van der Waals surface area contributed by atoms with Crippen molar-refractivity contribution >= 4 is 41.2 Å². The molecule has 1 aromatic carbocycles. The zero-order valence-corrected chi connectivity index (χ0v) is 23.6. The van der Waals surface area contributed by atoms with E-state index in [4.69, 9.17) is 10.4 Å². The van der Waals surface area contributed by atoms with Gasteiger partial charge in [-0.1, -0.05) is 6.58 Å². The van der Waals surface area contributed by atoms with Crippen molar-refractivity contribution < 1.29 is 40.2 Å². The maximum Gasteiger partial charge on any atom is 0.329 e. The van der Waals surface area contributed by atoms with Gasteiger partial charge in [-0.2, -0.15) is 15.0 Å². The number of carbonyl (C=O) groups is 2. The van der Waals surface area contributed by atoms with Crippen molar-refractivity contribution in [2.45, 2.75) is 43.3 Å². The Morgan fingerprint density at radius 3 is 2.27 bits per heavy atom. The summed E-state index contributed by atoms with van der Waals surface area (Å²) in [5.41, 5.74) is -0.608. The van der Waals surface area contributed by atoms with Gasteiger partial charge in [-0.05, 0) is 31.2 Å². The normalized spacial score (nSPS) is 24.6. The third-order valence-corrected chi connectivity index (χ3v) is 6.70. The first kappa shape index (κ1) is 32.5. The lowest BCUT2D eigenvalue weighted by Crippen LogP contribution is -2.77. The minimum Gasteiger partial charge on any atom is -0.481 e. The van der Waals surface area contributed by atoms with E-state index >= 15 is 0 Å². The van der Waals surface area contributed by atoms with Gasteiger partial charge in [-0.25, -0.2) is 5.26 Å². The molecule has 0 amide bonds. The summed E-state index contributed by atoms with van der Waals surface area (Å²) in [4.78, 5) is 40.6. The highest BCUT2D eigenvalue weighted by atomic mass is 17.1. The lowest BCUT2D eigenvalue weighted by atomic mass is 10.0. The molecule has 3 heterocycles. The fraction of sp³-hybridized carbons (Fsp3) is 0.458. The minimum absolute atomic E-state index is 0.0417. The topological polar surface area (TPSA) is 301 Å². The molecule has 5 unspecified atom stereocenters. The number of aliphatic hydroxyl groups excluding tert-OH is 2. The highest BCUT2D eigenvalue weighted by Crippen LogP contribution is 2.39. The summed E-state index contributed by atoms with van der Waals surface area (Å²) in [6.07, 6.45) is -2.13. The Bertz CT molecular complexity index is 1340. The zero-order chi connectivity index (χ0) is 31.9. The van der Waals surface area contributed by atoms with Crippen molar-refractivity contribution in [3.8, 4) is 0 Å². The molecular formula is C24H36N12O8. The number of nitrogens with zero attached hydrogens (tertiary/aromatic N) is 3. The van der Waals surface area contributed by atoms with Gasteiger partial charge in [-0.3, -0.25) is 36.2 Å². The van der Waals surface area contributed by atoms with Crippen LogP contribution < -0.4 is 47.9 Å². The maximum absolute atomic E-state index is 12.1. The molecule has 2 saturated heterocycles. The van der Waals surface area contributed by atoms with E-state index in [1.807, 2.05) is 0 Å². The van der Waals surface area contributed by atoms with Crippen molar-refractivity contribution in [3.05, 3.63) is 36.6 Å². The quantitative estimate of drug-likeness (QED) is 0.0383. The Morgan fingerprint density at radius 1 is 1.00 bits per heavy atom. The molecule has 0 bridgehead atoms. The van der Waals surface area contributed by atoms with Crippen LogP contribution in [0.3, 0.4) is 0 Å². The number of aliphatic hydroxyl groups is 2. The SMILES string of the molecule is C=C(OO)C(C)Nc1nc(NCCO)nc(Nc2ccc(NC3NC(NCCO)NC4(N3)NC4(CC(=O)O)C(=O)O)cc2)n1. The number of nitrogens with one attached hydrogen (secondary N) is 9. The second-order valence-electron chi connectivity index (χ2n) is 9.88. The van der Waals surface area contributed by atoms with Crippen molar-refractivity contribution in [1.82, 2.24) is 41.5 Å². The first-order valence-corrected chi connectivity index (χ1v) is 13.4. The van der Waals surface area contributed by atoms with Gasteiger partial charge in [0, 0.05) is 24.5 Å². The molecule has 0 radical (unpaired) electrons. The van der Waals surface area contributed by atoms with Gasteiger partial charge in [0.05, 0.1) is 25.7 Å². The molecule has 44 heavy (non-hydrogen) atoms. The molecule has 0 saturated carbocycles. The average Bonchev–Trinajstić information content (AvgIpc) is 3.59. The number of hydrogen-bond acceptors (Lipinski definition) is 18. The van der Waals surface area contributed by atoms with Gasteiger partial charge in [0.25, 0.3) is 0 Å². The van der Waals surface area contributed by atoms with Crippen molar-refractivity contribution in [1.29, 1.82) is 0 Å². The van der Waals surface area contributed by atoms with Crippen LogP contribution in [0.1, 0.15) is 13.3 Å². The monoisotopic (exact) mass is 620 g/mol. The van der Waals surface area contributed by atoms with E-state index in [-0.39, 0.29) is 49.9 Å². The largest absolute Gasteiger partial charge is 0.481 e. The minimum atomic E-state index is -1.81. The summed E-state index contributed by atoms with van der Waals surface area (Å²) >= 11 is 0. The van der Waals surface area contributed by atoms with E-state index in [0.717, 1.165) is 0 Å². The van der Waals surface area contributed by atoms with Gasteiger partial charge < -0.3 is 46.6 Å². The lowest BCUT2D eigenvalue weighted by Gasteiger charge is -2.40. The Kier molecular flexibility index (Phi) is 10.3. The van der Waals surface area contributed by atoms with Gasteiger partial charge >= 0.3 is 11.9 Å². The molecule has 1 spiro atoms. The zero-order valence-electron chi connectivity index (χ0n) is 23.6. The highest BCUT2D eigenvalue weighted by Gasteiger charge is 2.75. The van der Waals surface area contributed by atoms with E-state index in [1.165, 1.54) is 0 Å². The third-order valence-electron chi connectivity index (χ3n) is 6.70. The van der Waals surface area contributed by atoms with Gasteiger partial charge in [-0.15, -0.1) is 0 Å².